The molecule has 0 spiro atoms. The maximum atomic E-state index is 12.8. The summed E-state index contributed by atoms with van der Waals surface area (Å²) in [5.74, 6) is -1.10. The van der Waals surface area contributed by atoms with Crippen LogP contribution in [0.1, 0.15) is 188 Å². The second-order valence-corrected chi connectivity index (χ2v) is 17.9. The molecular weight excluding hydrogens is 925 g/mol. The Bertz CT molecular complexity index is 1900. The largest absolute Gasteiger partial charge is 0.462 e. The Morgan fingerprint density at radius 2 is 0.573 bits per heavy atom. The minimum absolute atomic E-state index is 0.144. The normalized spacial score (nSPS) is 13.7. The molecule has 75 heavy (non-hydrogen) atoms. The average molecular weight is 1030 g/mol. The predicted octanol–water partition coefficient (Wildman–Crippen LogP) is 19.6. The third kappa shape index (κ3) is 58.7. The third-order valence-corrected chi connectivity index (χ3v) is 11.0. The van der Waals surface area contributed by atoms with Gasteiger partial charge in [0, 0.05) is 19.3 Å². The van der Waals surface area contributed by atoms with Crippen molar-refractivity contribution in [3.8, 4) is 0 Å². The lowest BCUT2D eigenvalue weighted by Crippen LogP contribution is -2.30. The summed E-state index contributed by atoms with van der Waals surface area (Å²) in [5.41, 5.74) is 0. The van der Waals surface area contributed by atoms with Crippen molar-refractivity contribution in [2.45, 2.75) is 194 Å². The minimum atomic E-state index is -0.859. The van der Waals surface area contributed by atoms with Crippen molar-refractivity contribution in [2.24, 2.45) is 0 Å². The van der Waals surface area contributed by atoms with Crippen LogP contribution in [0.5, 0.6) is 0 Å². The molecule has 0 saturated carbocycles. The lowest BCUT2D eigenvalue weighted by atomic mass is 10.1. The highest BCUT2D eigenvalue weighted by atomic mass is 16.6. The van der Waals surface area contributed by atoms with Gasteiger partial charge in [0.1, 0.15) is 13.2 Å². The van der Waals surface area contributed by atoms with Crippen LogP contribution in [0.2, 0.25) is 0 Å². The van der Waals surface area contributed by atoms with Gasteiger partial charge in [-0.2, -0.15) is 0 Å². The number of allylic oxidation sites excluding steroid dienone is 34. The molecule has 0 rings (SSSR count). The van der Waals surface area contributed by atoms with Crippen LogP contribution >= 0.6 is 0 Å². The van der Waals surface area contributed by atoms with Gasteiger partial charge >= 0.3 is 17.9 Å². The minimum Gasteiger partial charge on any atom is -0.462 e. The molecule has 1 atom stereocenters. The number of carbonyl (C=O) groups is 3. The summed E-state index contributed by atoms with van der Waals surface area (Å²) in [5, 5.41) is 0. The van der Waals surface area contributed by atoms with Crippen molar-refractivity contribution >= 4 is 17.9 Å². The Hall–Kier alpha value is -6.01. The van der Waals surface area contributed by atoms with E-state index in [2.05, 4.69) is 142 Å². The molecule has 6 nitrogen and oxygen atoms in total. The monoisotopic (exact) mass is 1020 g/mol. The zero-order valence-electron chi connectivity index (χ0n) is 47.0. The molecule has 0 aliphatic carbocycles. The number of ether oxygens (including phenoxy) is 3. The van der Waals surface area contributed by atoms with E-state index in [1.807, 2.05) is 85.1 Å². The predicted molar refractivity (Wildman–Crippen MR) is 324 cm³/mol. The van der Waals surface area contributed by atoms with Crippen molar-refractivity contribution < 1.29 is 28.6 Å². The number of carbonyl (C=O) groups excluding carboxylic acids is 3. The SMILES string of the molecule is CC\C=C/C=C\C=C/C=C\C=C\C=C/C=C\CCCCCC(=O)OCC(COC(=O)CCCCCCCC/C=C\C/C=C\C/C=C\C/C=C\CC)OC(=O)CC/C=C\C/C=C\C/C=C\C/C=C\C/C=C\C/C=C\CC. The molecular formula is C69H100O6. The first-order valence-electron chi connectivity index (χ1n) is 28.7. The average Bonchev–Trinajstić information content (AvgIpc) is 3.41. The van der Waals surface area contributed by atoms with Crippen molar-refractivity contribution in [1.29, 1.82) is 0 Å². The van der Waals surface area contributed by atoms with E-state index >= 15 is 0 Å². The van der Waals surface area contributed by atoms with Gasteiger partial charge in [0.05, 0.1) is 0 Å². The summed E-state index contributed by atoms with van der Waals surface area (Å²) in [6, 6.07) is 0. The third-order valence-electron chi connectivity index (χ3n) is 11.0. The lowest BCUT2D eigenvalue weighted by Gasteiger charge is -2.18. The van der Waals surface area contributed by atoms with Crippen LogP contribution in [0.25, 0.3) is 0 Å². The van der Waals surface area contributed by atoms with Crippen LogP contribution in [0.15, 0.2) is 207 Å². The number of hydrogen-bond acceptors (Lipinski definition) is 6. The van der Waals surface area contributed by atoms with Gasteiger partial charge in [-0.05, 0) is 116 Å². The molecule has 0 aliphatic heterocycles. The number of unbranched alkanes of at least 4 members (excludes halogenated alkanes) is 9. The summed E-state index contributed by atoms with van der Waals surface area (Å²) in [4.78, 5) is 38.2. The maximum Gasteiger partial charge on any atom is 0.306 e. The van der Waals surface area contributed by atoms with Gasteiger partial charge in [-0.15, -0.1) is 0 Å². The van der Waals surface area contributed by atoms with Gasteiger partial charge in [0.2, 0.25) is 0 Å². The molecule has 0 aromatic heterocycles. The van der Waals surface area contributed by atoms with Crippen LogP contribution in [-0.2, 0) is 28.6 Å². The molecule has 412 valence electrons. The zero-order valence-corrected chi connectivity index (χ0v) is 47.0. The Kier molecular flexibility index (Phi) is 55.7. The van der Waals surface area contributed by atoms with Crippen molar-refractivity contribution in [1.82, 2.24) is 0 Å². The molecule has 0 aromatic rings. The van der Waals surface area contributed by atoms with Gasteiger partial charge < -0.3 is 14.2 Å². The zero-order chi connectivity index (χ0) is 54.3. The summed E-state index contributed by atoms with van der Waals surface area (Å²) >= 11 is 0. The molecule has 0 amide bonds. The van der Waals surface area contributed by atoms with E-state index in [4.69, 9.17) is 14.2 Å². The van der Waals surface area contributed by atoms with Crippen LogP contribution in [0, 0.1) is 0 Å². The molecule has 0 aromatic carbocycles. The number of hydrogen-bond donors (Lipinski definition) is 0. The number of esters is 3. The van der Waals surface area contributed by atoms with Crippen molar-refractivity contribution in [3.63, 3.8) is 0 Å². The highest BCUT2D eigenvalue weighted by Crippen LogP contribution is 2.12. The Morgan fingerprint density at radius 3 is 0.973 bits per heavy atom. The molecule has 0 aliphatic rings. The molecule has 0 saturated heterocycles. The fraction of sp³-hybridized carbons (Fsp3) is 0.464. The van der Waals surface area contributed by atoms with Gasteiger partial charge in [-0.1, -0.05) is 259 Å². The smallest absolute Gasteiger partial charge is 0.306 e. The highest BCUT2D eigenvalue weighted by Gasteiger charge is 2.19. The molecule has 0 bridgehead atoms. The first-order chi connectivity index (χ1) is 37.0. The second-order valence-electron chi connectivity index (χ2n) is 17.9. The molecule has 6 heteroatoms. The van der Waals surface area contributed by atoms with Crippen molar-refractivity contribution in [2.75, 3.05) is 13.2 Å². The van der Waals surface area contributed by atoms with Crippen LogP contribution in [0.4, 0.5) is 0 Å². The number of rotatable bonds is 48. The first-order valence-corrected chi connectivity index (χ1v) is 28.7. The second kappa shape index (κ2) is 60.5. The fourth-order valence-electron chi connectivity index (χ4n) is 6.79. The fourth-order valence-corrected chi connectivity index (χ4v) is 6.79. The van der Waals surface area contributed by atoms with E-state index in [9.17, 15) is 14.4 Å². The van der Waals surface area contributed by atoms with Gasteiger partial charge in [-0.3, -0.25) is 14.4 Å². The first kappa shape index (κ1) is 69.0. The van der Waals surface area contributed by atoms with E-state index < -0.39 is 12.1 Å². The van der Waals surface area contributed by atoms with Crippen molar-refractivity contribution in [3.05, 3.63) is 207 Å². The topological polar surface area (TPSA) is 78.9 Å². The Balaban J connectivity index is 4.69. The summed E-state index contributed by atoms with van der Waals surface area (Å²) in [6.07, 6.45) is 93.9. The van der Waals surface area contributed by atoms with Crippen LogP contribution in [-0.4, -0.2) is 37.2 Å². The van der Waals surface area contributed by atoms with Crippen LogP contribution in [0.3, 0.4) is 0 Å². The van der Waals surface area contributed by atoms with Gasteiger partial charge in [0.15, 0.2) is 6.10 Å². The summed E-state index contributed by atoms with van der Waals surface area (Å²) in [7, 11) is 0. The van der Waals surface area contributed by atoms with Crippen LogP contribution < -0.4 is 0 Å². The summed E-state index contributed by atoms with van der Waals surface area (Å²) < 4.78 is 16.7. The van der Waals surface area contributed by atoms with E-state index in [1.54, 1.807) is 0 Å². The molecule has 0 radical (unpaired) electrons. The molecule has 0 N–H and O–H groups in total. The molecule has 1 unspecified atom stereocenters. The van der Waals surface area contributed by atoms with Gasteiger partial charge in [0.25, 0.3) is 0 Å². The van der Waals surface area contributed by atoms with E-state index in [0.29, 0.717) is 19.3 Å². The highest BCUT2D eigenvalue weighted by molar-refractivity contribution is 5.71. The van der Waals surface area contributed by atoms with E-state index in [1.165, 1.54) is 12.8 Å². The Morgan fingerprint density at radius 1 is 0.280 bits per heavy atom. The molecule has 0 heterocycles. The van der Waals surface area contributed by atoms with E-state index in [0.717, 1.165) is 122 Å². The molecule has 0 fully saturated rings. The van der Waals surface area contributed by atoms with Gasteiger partial charge in [-0.25, -0.2) is 0 Å². The van der Waals surface area contributed by atoms with E-state index in [-0.39, 0.29) is 38.0 Å². The standard InChI is InChI=1S/C69H100O6/c1-4-7-10-13-16-19-22-25-28-31-34-37-40-43-46-49-52-55-58-61-67(70)73-64-66(75-69(72)63-60-57-54-51-48-45-42-39-36-33-30-27-24-21-18-15-12-9-6-3)65-74-68(71)62-59-56-53-50-47-44-41-38-35-32-29-26-23-20-17-14-11-8-5-2/h7-13,16-22,25-31,34-40,43,45-46,48,54,57,66H,4-6,14-15,23-24,32-33,41-42,44,47,49-53,55-56,58-65H2,1-3H3/b10-7-,11-8-,12-9-,16-13-,20-17-,21-18-,22-19-,28-25-,29-26-,30-27-,34-31+,38-35-,39-36-,40-37-,46-43-,48-45-,57-54-. The lowest BCUT2D eigenvalue weighted by molar-refractivity contribution is -0.166. The maximum absolute atomic E-state index is 12.8. The summed E-state index contributed by atoms with van der Waals surface area (Å²) in [6.45, 7) is 6.12. The quantitative estimate of drug-likeness (QED) is 0.0199. The Labute approximate surface area is 458 Å².